The van der Waals surface area contributed by atoms with E-state index in [2.05, 4.69) is 31.2 Å². The molecule has 6 heteroatoms. The van der Waals surface area contributed by atoms with Crippen LogP contribution in [0.1, 0.15) is 84.0 Å². The molecule has 6 nitrogen and oxygen atoms in total. The summed E-state index contributed by atoms with van der Waals surface area (Å²) in [6.07, 6.45) is 17.0. The number of hydrogen-bond donors (Lipinski definition) is 4. The van der Waals surface area contributed by atoms with Crippen LogP contribution in [0.15, 0.2) is 24.3 Å². The molecule has 0 aliphatic heterocycles. The molecule has 4 N–H and O–H groups in total. The van der Waals surface area contributed by atoms with Crippen molar-refractivity contribution >= 4 is 5.97 Å². The molecular formula is C23H42O6. The number of allylic oxidation sites excluding steroid dienone is 4. The molecule has 170 valence electrons. The first-order valence-corrected chi connectivity index (χ1v) is 11.1. The van der Waals surface area contributed by atoms with Gasteiger partial charge in [-0.1, -0.05) is 63.3 Å². The van der Waals surface area contributed by atoms with Crippen LogP contribution in [0.4, 0.5) is 0 Å². The van der Waals surface area contributed by atoms with Gasteiger partial charge in [-0.05, 0) is 38.5 Å². The molecule has 0 rings (SSSR count). The van der Waals surface area contributed by atoms with Crippen LogP contribution >= 0.6 is 0 Å². The number of carbonyl (C=O) groups excluding carboxylic acids is 1. The normalized spacial score (nSPS) is 15.1. The topological polar surface area (TPSA) is 107 Å². The summed E-state index contributed by atoms with van der Waals surface area (Å²) >= 11 is 0. The van der Waals surface area contributed by atoms with Gasteiger partial charge in [0.05, 0.1) is 6.61 Å². The smallest absolute Gasteiger partial charge is 0.305 e. The first-order valence-electron chi connectivity index (χ1n) is 11.1. The number of rotatable bonds is 19. The Kier molecular flexibility index (Phi) is 19.2. The predicted molar refractivity (Wildman–Crippen MR) is 115 cm³/mol. The van der Waals surface area contributed by atoms with Crippen molar-refractivity contribution in [2.45, 2.75) is 102 Å². The predicted octanol–water partition coefficient (Wildman–Crippen LogP) is 3.42. The summed E-state index contributed by atoms with van der Waals surface area (Å²) in [5.74, 6) is -0.430. The summed E-state index contributed by atoms with van der Waals surface area (Å²) in [6, 6.07) is 0. The minimum Gasteiger partial charge on any atom is -0.463 e. The SMILES string of the molecule is CCCCC/C=C\C/C=C\CCCCCCCC(=O)OC[C@@H](O)C(O)[C@H](O)CO. The molecule has 0 heterocycles. The zero-order valence-electron chi connectivity index (χ0n) is 18.0. The lowest BCUT2D eigenvalue weighted by molar-refractivity contribution is -0.152. The number of aliphatic hydroxyl groups is 4. The number of ether oxygens (including phenoxy) is 1. The summed E-state index contributed by atoms with van der Waals surface area (Å²) in [6.45, 7) is 1.16. The van der Waals surface area contributed by atoms with E-state index >= 15 is 0 Å². The van der Waals surface area contributed by atoms with Crippen LogP contribution in [0, 0.1) is 0 Å². The van der Waals surface area contributed by atoms with Crippen molar-refractivity contribution in [2.75, 3.05) is 13.2 Å². The number of carbonyl (C=O) groups is 1. The van der Waals surface area contributed by atoms with E-state index in [9.17, 15) is 20.1 Å². The van der Waals surface area contributed by atoms with Crippen LogP contribution in [-0.4, -0.2) is 57.9 Å². The second kappa shape index (κ2) is 20.1. The van der Waals surface area contributed by atoms with Gasteiger partial charge in [0.25, 0.3) is 0 Å². The van der Waals surface area contributed by atoms with Gasteiger partial charge in [0.1, 0.15) is 24.9 Å². The zero-order valence-corrected chi connectivity index (χ0v) is 18.0. The molecule has 0 radical (unpaired) electrons. The maximum atomic E-state index is 11.6. The standard InChI is InChI=1S/C23H42O6/c1-2-3-4-5-6-7-8-9-10-11-12-13-14-15-16-17-22(27)29-19-21(26)23(28)20(25)18-24/h6-7,9-10,20-21,23-26,28H,2-5,8,11-19H2,1H3/b7-6-,10-9-/t20-,21-,23?/m1/s1. The van der Waals surface area contributed by atoms with Crippen LogP contribution in [0.3, 0.4) is 0 Å². The number of hydrogen-bond acceptors (Lipinski definition) is 6. The minimum absolute atomic E-state index is 0.274. The lowest BCUT2D eigenvalue weighted by Gasteiger charge is -2.21. The molecule has 29 heavy (non-hydrogen) atoms. The van der Waals surface area contributed by atoms with E-state index in [-0.39, 0.29) is 6.42 Å². The molecule has 0 bridgehead atoms. The molecule has 0 aliphatic rings. The van der Waals surface area contributed by atoms with Crippen molar-refractivity contribution < 1.29 is 30.0 Å². The summed E-state index contributed by atoms with van der Waals surface area (Å²) in [4.78, 5) is 11.6. The van der Waals surface area contributed by atoms with Gasteiger partial charge >= 0.3 is 5.97 Å². The Labute approximate surface area is 176 Å². The Hall–Kier alpha value is -1.21. The van der Waals surface area contributed by atoms with Crippen LogP contribution in [-0.2, 0) is 9.53 Å². The summed E-state index contributed by atoms with van der Waals surface area (Å²) < 4.78 is 4.88. The molecule has 3 atom stereocenters. The van der Waals surface area contributed by atoms with Crippen molar-refractivity contribution in [2.24, 2.45) is 0 Å². The van der Waals surface area contributed by atoms with E-state index in [4.69, 9.17) is 9.84 Å². The molecule has 1 unspecified atom stereocenters. The minimum atomic E-state index is -1.54. The summed E-state index contributed by atoms with van der Waals surface area (Å²) in [5, 5.41) is 36.9. The van der Waals surface area contributed by atoms with Gasteiger partial charge < -0.3 is 25.2 Å². The Morgan fingerprint density at radius 3 is 2.03 bits per heavy atom. The van der Waals surface area contributed by atoms with Crippen LogP contribution in [0.5, 0.6) is 0 Å². The third kappa shape index (κ3) is 17.4. The van der Waals surface area contributed by atoms with Gasteiger partial charge in [-0.2, -0.15) is 0 Å². The van der Waals surface area contributed by atoms with Gasteiger partial charge in [0, 0.05) is 6.42 Å². The van der Waals surface area contributed by atoms with E-state index in [1.165, 1.54) is 25.7 Å². The first kappa shape index (κ1) is 27.8. The molecule has 0 saturated carbocycles. The fourth-order valence-corrected chi connectivity index (χ4v) is 2.79. The highest BCUT2D eigenvalue weighted by atomic mass is 16.5. The van der Waals surface area contributed by atoms with Crippen LogP contribution < -0.4 is 0 Å². The van der Waals surface area contributed by atoms with Crippen LogP contribution in [0.25, 0.3) is 0 Å². The molecular weight excluding hydrogens is 372 g/mol. The molecule has 0 aliphatic carbocycles. The Morgan fingerprint density at radius 2 is 1.41 bits per heavy atom. The number of esters is 1. The van der Waals surface area contributed by atoms with Crippen molar-refractivity contribution in [1.82, 2.24) is 0 Å². The van der Waals surface area contributed by atoms with Crippen molar-refractivity contribution in [3.63, 3.8) is 0 Å². The average Bonchev–Trinajstić information content (AvgIpc) is 2.73. The van der Waals surface area contributed by atoms with E-state index < -0.39 is 37.5 Å². The van der Waals surface area contributed by atoms with Crippen molar-refractivity contribution in [3.05, 3.63) is 24.3 Å². The average molecular weight is 415 g/mol. The zero-order chi connectivity index (χ0) is 21.7. The Morgan fingerprint density at radius 1 is 0.828 bits per heavy atom. The third-order valence-electron chi connectivity index (χ3n) is 4.72. The van der Waals surface area contributed by atoms with Gasteiger partial charge in [-0.15, -0.1) is 0 Å². The highest BCUT2D eigenvalue weighted by molar-refractivity contribution is 5.69. The van der Waals surface area contributed by atoms with Crippen molar-refractivity contribution in [3.8, 4) is 0 Å². The molecule has 0 fully saturated rings. The number of aliphatic hydroxyl groups excluding tert-OH is 4. The van der Waals surface area contributed by atoms with Gasteiger partial charge in [0.15, 0.2) is 0 Å². The van der Waals surface area contributed by atoms with E-state index in [0.717, 1.165) is 44.9 Å². The quantitative estimate of drug-likeness (QED) is 0.147. The first-order chi connectivity index (χ1) is 14.0. The molecule has 0 saturated heterocycles. The lowest BCUT2D eigenvalue weighted by Crippen LogP contribution is -2.42. The lowest BCUT2D eigenvalue weighted by atomic mass is 10.1. The largest absolute Gasteiger partial charge is 0.463 e. The molecule has 0 aromatic heterocycles. The maximum absolute atomic E-state index is 11.6. The molecule has 0 amide bonds. The summed E-state index contributed by atoms with van der Waals surface area (Å²) in [5.41, 5.74) is 0. The van der Waals surface area contributed by atoms with Crippen LogP contribution in [0.2, 0.25) is 0 Å². The van der Waals surface area contributed by atoms with E-state index in [1.54, 1.807) is 0 Å². The third-order valence-corrected chi connectivity index (χ3v) is 4.72. The summed E-state index contributed by atoms with van der Waals surface area (Å²) in [7, 11) is 0. The fraction of sp³-hybridized carbons (Fsp3) is 0.783. The second-order valence-electron chi connectivity index (χ2n) is 7.47. The molecule has 0 spiro atoms. The van der Waals surface area contributed by atoms with Gasteiger partial charge in [-0.25, -0.2) is 0 Å². The molecule has 0 aromatic carbocycles. The van der Waals surface area contributed by atoms with Gasteiger partial charge in [0.2, 0.25) is 0 Å². The monoisotopic (exact) mass is 414 g/mol. The highest BCUT2D eigenvalue weighted by Gasteiger charge is 2.25. The maximum Gasteiger partial charge on any atom is 0.305 e. The fourth-order valence-electron chi connectivity index (χ4n) is 2.79. The van der Waals surface area contributed by atoms with Gasteiger partial charge in [-0.3, -0.25) is 4.79 Å². The molecule has 0 aromatic rings. The second-order valence-corrected chi connectivity index (χ2v) is 7.47. The highest BCUT2D eigenvalue weighted by Crippen LogP contribution is 2.09. The number of unbranched alkanes of at least 4 members (excludes halogenated alkanes) is 8. The van der Waals surface area contributed by atoms with E-state index in [1.807, 2.05) is 0 Å². The Bertz CT molecular complexity index is 435. The Balaban J connectivity index is 3.49. The van der Waals surface area contributed by atoms with Crippen molar-refractivity contribution in [1.29, 1.82) is 0 Å². The van der Waals surface area contributed by atoms with E-state index in [0.29, 0.717) is 0 Å².